The van der Waals surface area contributed by atoms with Gasteiger partial charge in [-0.3, -0.25) is 0 Å². The number of benzene rings is 2. The summed E-state index contributed by atoms with van der Waals surface area (Å²) in [7, 11) is -3.69. The number of rotatable bonds is 6. The van der Waals surface area contributed by atoms with Gasteiger partial charge in [0.05, 0.1) is 4.90 Å². The molecular formula is C17H20FNO2S. The van der Waals surface area contributed by atoms with Gasteiger partial charge in [0.2, 0.25) is 10.0 Å². The van der Waals surface area contributed by atoms with Gasteiger partial charge >= 0.3 is 0 Å². The van der Waals surface area contributed by atoms with Crippen molar-refractivity contribution >= 4 is 10.0 Å². The van der Waals surface area contributed by atoms with E-state index in [2.05, 4.69) is 4.72 Å². The Morgan fingerprint density at radius 3 is 2.14 bits per heavy atom. The van der Waals surface area contributed by atoms with Crippen molar-refractivity contribution in [2.24, 2.45) is 5.92 Å². The molecule has 0 aliphatic heterocycles. The Kier molecular flexibility index (Phi) is 5.32. The van der Waals surface area contributed by atoms with Gasteiger partial charge in [0.15, 0.2) is 0 Å². The maximum Gasteiger partial charge on any atom is 0.241 e. The van der Waals surface area contributed by atoms with Crippen LogP contribution in [0.5, 0.6) is 0 Å². The van der Waals surface area contributed by atoms with Gasteiger partial charge in [0.25, 0.3) is 0 Å². The summed E-state index contributed by atoms with van der Waals surface area (Å²) in [4.78, 5) is 0.0681. The smallest absolute Gasteiger partial charge is 0.207 e. The van der Waals surface area contributed by atoms with Gasteiger partial charge in [-0.1, -0.05) is 44.2 Å². The monoisotopic (exact) mass is 321 g/mol. The molecule has 0 saturated heterocycles. The summed E-state index contributed by atoms with van der Waals surface area (Å²) < 4.78 is 40.6. The topological polar surface area (TPSA) is 46.2 Å². The van der Waals surface area contributed by atoms with Gasteiger partial charge in [-0.05, 0) is 42.2 Å². The number of hydrogen-bond acceptors (Lipinski definition) is 2. The highest BCUT2D eigenvalue weighted by Gasteiger charge is 2.22. The van der Waals surface area contributed by atoms with Crippen molar-refractivity contribution in [3.05, 3.63) is 66.0 Å². The predicted octanol–water partition coefficient (Wildman–Crippen LogP) is 3.89. The molecule has 5 heteroatoms. The second-order valence-electron chi connectivity index (χ2n) is 5.67. The van der Waals surface area contributed by atoms with Crippen LogP contribution in [0.15, 0.2) is 59.5 Å². The van der Waals surface area contributed by atoms with Crippen LogP contribution in [0.25, 0.3) is 0 Å². The molecule has 1 atom stereocenters. The molecule has 0 amide bonds. The van der Waals surface area contributed by atoms with E-state index in [-0.39, 0.29) is 10.9 Å². The van der Waals surface area contributed by atoms with E-state index in [1.807, 2.05) is 44.2 Å². The molecule has 0 spiro atoms. The Labute approximate surface area is 131 Å². The minimum Gasteiger partial charge on any atom is -0.207 e. The first-order chi connectivity index (χ1) is 10.4. The zero-order chi connectivity index (χ0) is 16.2. The minimum absolute atomic E-state index is 0.0681. The summed E-state index contributed by atoms with van der Waals surface area (Å²) in [5.74, 6) is -0.123. The summed E-state index contributed by atoms with van der Waals surface area (Å²) in [6.45, 7) is 4.09. The highest BCUT2D eigenvalue weighted by atomic mass is 32.2. The molecule has 118 valence electrons. The fraction of sp³-hybridized carbons (Fsp3) is 0.294. The van der Waals surface area contributed by atoms with Crippen LogP contribution in [-0.4, -0.2) is 8.42 Å². The Hall–Kier alpha value is -1.72. The third-order valence-electron chi connectivity index (χ3n) is 3.33. The van der Waals surface area contributed by atoms with Crippen molar-refractivity contribution in [3.8, 4) is 0 Å². The summed E-state index contributed by atoms with van der Waals surface area (Å²) in [6, 6.07) is 14.0. The van der Waals surface area contributed by atoms with Crippen LogP contribution in [0.1, 0.15) is 31.9 Å². The van der Waals surface area contributed by atoms with E-state index in [0.717, 1.165) is 17.7 Å². The summed E-state index contributed by atoms with van der Waals surface area (Å²) in [5.41, 5.74) is 0.918. The molecule has 0 aliphatic carbocycles. The average Bonchev–Trinajstić information content (AvgIpc) is 2.47. The van der Waals surface area contributed by atoms with Gasteiger partial charge in [-0.2, -0.15) is 0 Å². The normalized spacial score (nSPS) is 13.3. The van der Waals surface area contributed by atoms with E-state index < -0.39 is 15.8 Å². The SMILES string of the molecule is CC(C)C[C@@H](NS(=O)(=O)c1ccc(F)cc1)c1ccccc1. The van der Waals surface area contributed by atoms with Crippen LogP contribution in [0.2, 0.25) is 0 Å². The molecule has 2 aromatic rings. The molecule has 0 heterocycles. The Morgan fingerprint density at radius 1 is 1.00 bits per heavy atom. The highest BCUT2D eigenvalue weighted by Crippen LogP contribution is 2.23. The van der Waals surface area contributed by atoms with Crippen LogP contribution >= 0.6 is 0 Å². The second-order valence-corrected chi connectivity index (χ2v) is 7.38. The molecule has 0 saturated carbocycles. The summed E-state index contributed by atoms with van der Waals surface area (Å²) >= 11 is 0. The standard InChI is InChI=1S/C17H20FNO2S/c1-13(2)12-17(14-6-4-3-5-7-14)19-22(20,21)16-10-8-15(18)9-11-16/h3-11,13,17,19H,12H2,1-2H3/t17-/m1/s1. The van der Waals surface area contributed by atoms with E-state index >= 15 is 0 Å². The van der Waals surface area contributed by atoms with Crippen molar-refractivity contribution in [2.45, 2.75) is 31.2 Å². The fourth-order valence-corrected chi connectivity index (χ4v) is 3.52. The number of sulfonamides is 1. The third-order valence-corrected chi connectivity index (χ3v) is 4.82. The quantitative estimate of drug-likeness (QED) is 0.877. The molecule has 1 N–H and O–H groups in total. The van der Waals surface area contributed by atoms with Crippen molar-refractivity contribution in [3.63, 3.8) is 0 Å². The zero-order valence-electron chi connectivity index (χ0n) is 12.7. The van der Waals surface area contributed by atoms with E-state index in [4.69, 9.17) is 0 Å². The highest BCUT2D eigenvalue weighted by molar-refractivity contribution is 7.89. The van der Waals surface area contributed by atoms with Gasteiger partial charge in [0, 0.05) is 6.04 Å². The molecule has 2 aromatic carbocycles. The van der Waals surface area contributed by atoms with Crippen molar-refractivity contribution < 1.29 is 12.8 Å². The van der Waals surface area contributed by atoms with Crippen LogP contribution in [0.4, 0.5) is 4.39 Å². The van der Waals surface area contributed by atoms with Gasteiger partial charge in [-0.25, -0.2) is 17.5 Å². The van der Waals surface area contributed by atoms with Crippen LogP contribution in [0, 0.1) is 11.7 Å². The lowest BCUT2D eigenvalue weighted by atomic mass is 9.98. The molecule has 3 nitrogen and oxygen atoms in total. The van der Waals surface area contributed by atoms with Gasteiger partial charge in [-0.15, -0.1) is 0 Å². The number of hydrogen-bond donors (Lipinski definition) is 1. The Balaban J connectivity index is 2.28. The van der Waals surface area contributed by atoms with E-state index in [0.29, 0.717) is 12.3 Å². The molecule has 0 bridgehead atoms. The van der Waals surface area contributed by atoms with Crippen molar-refractivity contribution in [1.82, 2.24) is 4.72 Å². The minimum atomic E-state index is -3.69. The zero-order valence-corrected chi connectivity index (χ0v) is 13.5. The average molecular weight is 321 g/mol. The molecule has 2 rings (SSSR count). The molecule has 0 aliphatic rings. The molecule has 0 aromatic heterocycles. The van der Waals surface area contributed by atoms with Crippen molar-refractivity contribution in [2.75, 3.05) is 0 Å². The lowest BCUT2D eigenvalue weighted by molar-refractivity contribution is 0.472. The van der Waals surface area contributed by atoms with E-state index in [1.165, 1.54) is 12.1 Å². The second kappa shape index (κ2) is 7.03. The van der Waals surface area contributed by atoms with E-state index in [9.17, 15) is 12.8 Å². The lowest BCUT2D eigenvalue weighted by Crippen LogP contribution is -2.29. The summed E-state index contributed by atoms with van der Waals surface area (Å²) in [5, 5.41) is 0. The molecule has 0 radical (unpaired) electrons. The first-order valence-electron chi connectivity index (χ1n) is 7.21. The predicted molar refractivity (Wildman–Crippen MR) is 85.4 cm³/mol. The van der Waals surface area contributed by atoms with Crippen molar-refractivity contribution in [1.29, 1.82) is 0 Å². The van der Waals surface area contributed by atoms with E-state index in [1.54, 1.807) is 0 Å². The molecule has 0 unspecified atom stereocenters. The maximum absolute atomic E-state index is 13.0. The van der Waals surface area contributed by atoms with Gasteiger partial charge in [0.1, 0.15) is 5.82 Å². The fourth-order valence-electron chi connectivity index (χ4n) is 2.28. The van der Waals surface area contributed by atoms with Gasteiger partial charge < -0.3 is 0 Å². The van der Waals surface area contributed by atoms with Crippen LogP contribution < -0.4 is 4.72 Å². The molecule has 22 heavy (non-hydrogen) atoms. The maximum atomic E-state index is 13.0. The lowest BCUT2D eigenvalue weighted by Gasteiger charge is -2.21. The first kappa shape index (κ1) is 16.6. The Morgan fingerprint density at radius 2 is 1.59 bits per heavy atom. The number of halogens is 1. The molecule has 0 fully saturated rings. The third kappa shape index (κ3) is 4.39. The van der Waals surface area contributed by atoms with Crippen LogP contribution in [0.3, 0.4) is 0 Å². The largest absolute Gasteiger partial charge is 0.241 e. The number of nitrogens with one attached hydrogen (secondary N) is 1. The van der Waals surface area contributed by atoms with Crippen LogP contribution in [-0.2, 0) is 10.0 Å². The first-order valence-corrected chi connectivity index (χ1v) is 8.69. The summed E-state index contributed by atoms with van der Waals surface area (Å²) in [6.07, 6.45) is 0.685. The Bertz CT molecular complexity index is 697. The molecular weight excluding hydrogens is 301 g/mol.